The van der Waals surface area contributed by atoms with Gasteiger partial charge in [-0.2, -0.15) is 5.10 Å². The Labute approximate surface area is 254 Å². The van der Waals surface area contributed by atoms with Crippen LogP contribution in [-0.2, 0) is 7.05 Å². The first-order valence-electron chi connectivity index (χ1n) is 14.3. The molecule has 0 amide bonds. The van der Waals surface area contributed by atoms with Crippen molar-refractivity contribution in [2.75, 3.05) is 5.43 Å². The highest BCUT2D eigenvalue weighted by atomic mass is 16.1. The molecule has 7 rings (SSSR count). The van der Waals surface area contributed by atoms with Gasteiger partial charge in [-0.25, -0.2) is 14.6 Å². The van der Waals surface area contributed by atoms with Crippen LogP contribution in [0.2, 0.25) is 0 Å². The van der Waals surface area contributed by atoms with Crippen LogP contribution in [-0.4, -0.2) is 30.1 Å². The highest BCUT2D eigenvalue weighted by molar-refractivity contribution is 6.09. The molecule has 1 N–H and O–H groups in total. The molecule has 0 radical (unpaired) electrons. The van der Waals surface area contributed by atoms with Crippen molar-refractivity contribution in [1.82, 2.24) is 23.9 Å². The van der Waals surface area contributed by atoms with Gasteiger partial charge in [-0.05, 0) is 35.7 Å². The van der Waals surface area contributed by atoms with Crippen LogP contribution in [0, 0.1) is 6.92 Å². The quantitative estimate of drug-likeness (QED) is 0.164. The summed E-state index contributed by atoms with van der Waals surface area (Å²) in [5.41, 5.74) is 9.88. The lowest BCUT2D eigenvalue weighted by Gasteiger charge is -2.15. The number of benzene rings is 4. The molecule has 8 heteroatoms. The van der Waals surface area contributed by atoms with Crippen molar-refractivity contribution in [3.63, 3.8) is 0 Å². The molecule has 44 heavy (non-hydrogen) atoms. The first kappa shape index (κ1) is 26.9. The van der Waals surface area contributed by atoms with Crippen LogP contribution in [0.1, 0.15) is 11.1 Å². The Morgan fingerprint density at radius 3 is 2.00 bits per heavy atom. The number of nitrogens with one attached hydrogen (secondary N) is 1. The van der Waals surface area contributed by atoms with Crippen LogP contribution in [0.15, 0.2) is 138 Å². The molecule has 0 saturated heterocycles. The van der Waals surface area contributed by atoms with Gasteiger partial charge in [0.2, 0.25) is 0 Å². The molecular weight excluding hydrogens is 546 g/mol. The first-order chi connectivity index (χ1) is 21.6. The van der Waals surface area contributed by atoms with Crippen molar-refractivity contribution in [3.8, 4) is 33.9 Å². The van der Waals surface area contributed by atoms with E-state index in [9.17, 15) is 4.79 Å². The average molecular weight is 576 g/mol. The number of hydrogen-bond acceptors (Lipinski definition) is 5. The number of para-hydroxylation sites is 1. The molecule has 8 nitrogen and oxygen atoms in total. The Balaban J connectivity index is 1.57. The maximum atomic E-state index is 13.9. The molecule has 4 aromatic carbocycles. The maximum Gasteiger partial charge on any atom is 0.276 e. The summed E-state index contributed by atoms with van der Waals surface area (Å²) >= 11 is 0. The number of aromatic nitrogens is 5. The third-order valence-corrected chi connectivity index (χ3v) is 7.71. The van der Waals surface area contributed by atoms with Crippen LogP contribution in [0.5, 0.6) is 0 Å². The summed E-state index contributed by atoms with van der Waals surface area (Å²) in [6, 6.07) is 39.9. The number of rotatable bonds is 7. The van der Waals surface area contributed by atoms with Crippen LogP contribution in [0.3, 0.4) is 0 Å². The van der Waals surface area contributed by atoms with Gasteiger partial charge in [0, 0.05) is 12.6 Å². The number of anilines is 1. The van der Waals surface area contributed by atoms with Gasteiger partial charge in [0.05, 0.1) is 28.5 Å². The Morgan fingerprint density at radius 1 is 0.750 bits per heavy atom. The molecule has 0 aliphatic rings. The van der Waals surface area contributed by atoms with Crippen molar-refractivity contribution < 1.29 is 0 Å². The molecule has 0 atom stereocenters. The van der Waals surface area contributed by atoms with Crippen LogP contribution in [0.25, 0.3) is 44.9 Å². The van der Waals surface area contributed by atoms with E-state index in [4.69, 9.17) is 4.98 Å². The van der Waals surface area contributed by atoms with Crippen LogP contribution < -0.4 is 11.0 Å². The molecule has 0 spiro atoms. The molecule has 0 aliphatic heterocycles. The maximum absolute atomic E-state index is 13.9. The molecule has 0 aliphatic carbocycles. The first-order valence-corrected chi connectivity index (χ1v) is 14.3. The Hall–Kier alpha value is -6.02. The van der Waals surface area contributed by atoms with Gasteiger partial charge in [0.1, 0.15) is 12.1 Å². The summed E-state index contributed by atoms with van der Waals surface area (Å²) in [5, 5.41) is 5.33. The van der Waals surface area contributed by atoms with Crippen molar-refractivity contribution in [2.45, 2.75) is 6.92 Å². The fourth-order valence-corrected chi connectivity index (χ4v) is 5.77. The topological polar surface area (TPSA) is 82.0 Å². The molecule has 7 aromatic rings. The molecule has 0 unspecified atom stereocenters. The predicted octanol–water partition coefficient (Wildman–Crippen LogP) is 7.00. The lowest BCUT2D eigenvalue weighted by Crippen LogP contribution is -2.20. The summed E-state index contributed by atoms with van der Waals surface area (Å²) in [6.45, 7) is 1.87. The predicted molar refractivity (Wildman–Crippen MR) is 177 cm³/mol. The molecule has 214 valence electrons. The number of hydrogen-bond donors (Lipinski definition) is 1. The summed E-state index contributed by atoms with van der Waals surface area (Å²) in [6.07, 6.45) is 3.30. The van der Waals surface area contributed by atoms with Crippen molar-refractivity contribution in [2.24, 2.45) is 12.1 Å². The zero-order chi connectivity index (χ0) is 30.0. The van der Waals surface area contributed by atoms with E-state index in [0.29, 0.717) is 22.8 Å². The van der Waals surface area contributed by atoms with E-state index < -0.39 is 0 Å². The normalized spacial score (nSPS) is 11.4. The van der Waals surface area contributed by atoms with Gasteiger partial charge in [0.25, 0.3) is 5.56 Å². The Morgan fingerprint density at radius 2 is 1.34 bits per heavy atom. The minimum atomic E-state index is -0.101. The van der Waals surface area contributed by atoms with E-state index >= 15 is 0 Å². The standard InChI is InChI=1S/C36H29N7O/c1-25-35(41(2)43(36(25)44)29-21-13-6-14-22-29)42-32(28-19-11-5-12-20-28)30(27-17-9-4-10-18-27)31-33(37-24-38-34(31)42)40-39-23-26-15-7-3-8-16-26/h3-24H,1-2H3,(H,37,38,40)/b39-23+. The summed E-state index contributed by atoms with van der Waals surface area (Å²) in [5.74, 6) is 1.27. The average Bonchev–Trinajstić information content (AvgIpc) is 3.53. The summed E-state index contributed by atoms with van der Waals surface area (Å²) in [7, 11) is 1.91. The smallest absolute Gasteiger partial charge is 0.276 e. The third-order valence-electron chi connectivity index (χ3n) is 7.71. The van der Waals surface area contributed by atoms with Crippen molar-refractivity contribution in [1.29, 1.82) is 0 Å². The van der Waals surface area contributed by atoms with E-state index in [-0.39, 0.29) is 5.56 Å². The monoisotopic (exact) mass is 575 g/mol. The number of fused-ring (bicyclic) bond motifs is 1. The van der Waals surface area contributed by atoms with Crippen molar-refractivity contribution >= 4 is 23.1 Å². The molecule has 3 heterocycles. The summed E-state index contributed by atoms with van der Waals surface area (Å²) < 4.78 is 5.67. The zero-order valence-corrected chi connectivity index (χ0v) is 24.3. The van der Waals surface area contributed by atoms with E-state index in [1.54, 1.807) is 10.9 Å². The van der Waals surface area contributed by atoms with Gasteiger partial charge >= 0.3 is 0 Å². The Bertz CT molecular complexity index is 2160. The molecule has 0 saturated carbocycles. The van der Waals surface area contributed by atoms with E-state index in [2.05, 4.69) is 44.3 Å². The van der Waals surface area contributed by atoms with Gasteiger partial charge in [-0.3, -0.25) is 19.5 Å². The van der Waals surface area contributed by atoms with Gasteiger partial charge in [-0.15, -0.1) is 0 Å². The van der Waals surface area contributed by atoms with Crippen LogP contribution >= 0.6 is 0 Å². The number of nitrogens with zero attached hydrogens (tertiary/aromatic N) is 6. The lowest BCUT2D eigenvalue weighted by atomic mass is 9.99. The van der Waals surface area contributed by atoms with Gasteiger partial charge in [-0.1, -0.05) is 109 Å². The van der Waals surface area contributed by atoms with E-state index in [1.165, 1.54) is 6.33 Å². The van der Waals surface area contributed by atoms with Gasteiger partial charge in [0.15, 0.2) is 11.5 Å². The van der Waals surface area contributed by atoms with Crippen LogP contribution in [0.4, 0.5) is 5.82 Å². The SMILES string of the molecule is Cc1c(-n2c(-c3ccccc3)c(-c3ccccc3)c3c(N/N=C/c4ccccc4)ncnc32)n(C)n(-c2ccccc2)c1=O. The second-order valence-electron chi connectivity index (χ2n) is 10.4. The second kappa shape index (κ2) is 11.3. The van der Waals surface area contributed by atoms with E-state index in [0.717, 1.165) is 39.0 Å². The minimum Gasteiger partial charge on any atom is -0.277 e. The van der Waals surface area contributed by atoms with E-state index in [1.807, 2.05) is 116 Å². The highest BCUT2D eigenvalue weighted by Crippen LogP contribution is 2.44. The molecule has 0 fully saturated rings. The van der Waals surface area contributed by atoms with Gasteiger partial charge < -0.3 is 0 Å². The zero-order valence-electron chi connectivity index (χ0n) is 24.3. The minimum absolute atomic E-state index is 0.101. The number of hydrazone groups is 1. The molecule has 0 bridgehead atoms. The molecular formula is C36H29N7O. The fraction of sp³-hybridized carbons (Fsp3) is 0.0556. The Kier molecular flexibility index (Phi) is 6.92. The highest BCUT2D eigenvalue weighted by Gasteiger charge is 2.28. The molecule has 3 aromatic heterocycles. The third kappa shape index (κ3) is 4.59. The largest absolute Gasteiger partial charge is 0.277 e. The van der Waals surface area contributed by atoms with Crippen molar-refractivity contribution in [3.05, 3.63) is 149 Å². The fourth-order valence-electron chi connectivity index (χ4n) is 5.77. The lowest BCUT2D eigenvalue weighted by molar-refractivity contribution is 0.632. The summed E-state index contributed by atoms with van der Waals surface area (Å²) in [4.78, 5) is 23.4. The second-order valence-corrected chi connectivity index (χ2v) is 10.4.